The second-order valence-electron chi connectivity index (χ2n) is 5.11. The second kappa shape index (κ2) is 5.98. The predicted octanol–water partition coefficient (Wildman–Crippen LogP) is 4.12. The summed E-state index contributed by atoms with van der Waals surface area (Å²) in [6.07, 6.45) is -0.0148. The molecule has 0 aliphatic carbocycles. The molecule has 1 unspecified atom stereocenters. The van der Waals surface area contributed by atoms with E-state index in [4.69, 9.17) is 4.74 Å². The molecule has 3 aromatic carbocycles. The maximum absolute atomic E-state index is 10.7. The molecule has 3 aromatic rings. The van der Waals surface area contributed by atoms with E-state index >= 15 is 0 Å². The molecular weight excluding hydrogens is 260 g/mol. The molecule has 0 aromatic heterocycles. The highest BCUT2D eigenvalue weighted by molar-refractivity contribution is 5.88. The van der Waals surface area contributed by atoms with E-state index in [-0.39, 0.29) is 0 Å². The van der Waals surface area contributed by atoms with Crippen molar-refractivity contribution in [3.63, 3.8) is 0 Å². The summed E-state index contributed by atoms with van der Waals surface area (Å²) < 4.78 is 5.45. The summed E-state index contributed by atoms with van der Waals surface area (Å²) in [5, 5.41) is 12.9. The maximum Gasteiger partial charge on any atom is 0.125 e. The quantitative estimate of drug-likeness (QED) is 0.777. The van der Waals surface area contributed by atoms with E-state index in [0.29, 0.717) is 6.42 Å². The van der Waals surface area contributed by atoms with E-state index in [1.54, 1.807) is 7.11 Å². The number of ether oxygens (including phenoxy) is 1. The molecule has 0 fully saturated rings. The molecule has 2 heteroatoms. The van der Waals surface area contributed by atoms with Crippen molar-refractivity contribution in [2.75, 3.05) is 7.11 Å². The van der Waals surface area contributed by atoms with E-state index in [0.717, 1.165) is 27.6 Å². The lowest BCUT2D eigenvalue weighted by atomic mass is 9.95. The van der Waals surface area contributed by atoms with Crippen LogP contribution >= 0.6 is 0 Å². The number of aliphatic hydroxyl groups is 1. The number of hydrogen-bond acceptors (Lipinski definition) is 2. The van der Waals surface area contributed by atoms with Crippen molar-refractivity contribution in [2.24, 2.45) is 0 Å². The molecule has 0 spiro atoms. The molecule has 1 N–H and O–H groups in total. The molecule has 1 atom stereocenters. The first-order chi connectivity index (χ1) is 10.3. The van der Waals surface area contributed by atoms with Crippen molar-refractivity contribution >= 4 is 10.8 Å². The highest BCUT2D eigenvalue weighted by Crippen LogP contribution is 2.34. The minimum absolute atomic E-state index is 0.575. The molecule has 0 radical (unpaired) electrons. The van der Waals surface area contributed by atoms with E-state index in [1.807, 2.05) is 66.7 Å². The molecule has 0 bridgehead atoms. The van der Waals surface area contributed by atoms with Crippen molar-refractivity contribution in [1.82, 2.24) is 0 Å². The summed E-state index contributed by atoms with van der Waals surface area (Å²) in [7, 11) is 1.64. The number of rotatable bonds is 4. The van der Waals surface area contributed by atoms with Crippen LogP contribution in [0.2, 0.25) is 0 Å². The summed E-state index contributed by atoms with van der Waals surface area (Å²) >= 11 is 0. The third-order valence-corrected chi connectivity index (χ3v) is 3.76. The number of aliphatic hydroxyl groups excluding tert-OH is 1. The normalized spacial score (nSPS) is 12.3. The fourth-order valence-electron chi connectivity index (χ4n) is 2.74. The monoisotopic (exact) mass is 278 g/mol. The Morgan fingerprint density at radius 1 is 0.905 bits per heavy atom. The largest absolute Gasteiger partial charge is 0.496 e. The molecule has 0 aliphatic rings. The van der Waals surface area contributed by atoms with Gasteiger partial charge in [0.1, 0.15) is 5.75 Å². The van der Waals surface area contributed by atoms with Gasteiger partial charge < -0.3 is 9.84 Å². The number of methoxy groups -OCH3 is 1. The van der Waals surface area contributed by atoms with Gasteiger partial charge in [0.05, 0.1) is 13.2 Å². The van der Waals surface area contributed by atoms with Crippen LogP contribution in [0, 0.1) is 0 Å². The highest BCUT2D eigenvalue weighted by Gasteiger charge is 2.17. The van der Waals surface area contributed by atoms with Gasteiger partial charge in [-0.15, -0.1) is 0 Å². The number of benzene rings is 3. The molecule has 0 aliphatic heterocycles. The number of fused-ring (bicyclic) bond motifs is 1. The Hall–Kier alpha value is -2.32. The van der Waals surface area contributed by atoms with Crippen molar-refractivity contribution < 1.29 is 9.84 Å². The molecule has 3 rings (SSSR count). The fraction of sp³-hybridized carbons (Fsp3) is 0.158. The minimum Gasteiger partial charge on any atom is -0.496 e. The topological polar surface area (TPSA) is 29.5 Å². The third kappa shape index (κ3) is 2.76. The molecule has 0 saturated carbocycles. The molecular formula is C19H18O2. The van der Waals surface area contributed by atoms with E-state index in [9.17, 15) is 5.11 Å². The molecule has 0 amide bonds. The zero-order valence-electron chi connectivity index (χ0n) is 12.0. The van der Waals surface area contributed by atoms with Crippen molar-refractivity contribution in [3.05, 3.63) is 77.9 Å². The molecule has 0 saturated heterocycles. The van der Waals surface area contributed by atoms with E-state index in [1.165, 1.54) is 0 Å². The fourth-order valence-corrected chi connectivity index (χ4v) is 2.74. The van der Waals surface area contributed by atoms with Gasteiger partial charge >= 0.3 is 0 Å². The summed E-state index contributed by atoms with van der Waals surface area (Å²) in [5.74, 6) is 0.733. The van der Waals surface area contributed by atoms with Gasteiger partial charge in [-0.3, -0.25) is 0 Å². The zero-order chi connectivity index (χ0) is 14.7. The molecule has 21 heavy (non-hydrogen) atoms. The second-order valence-corrected chi connectivity index (χ2v) is 5.11. The van der Waals surface area contributed by atoms with Gasteiger partial charge in [-0.05, 0) is 22.4 Å². The first-order valence-electron chi connectivity index (χ1n) is 7.07. The maximum atomic E-state index is 10.7. The lowest BCUT2D eigenvalue weighted by Gasteiger charge is -2.17. The van der Waals surface area contributed by atoms with Crippen molar-refractivity contribution in [2.45, 2.75) is 12.5 Å². The van der Waals surface area contributed by atoms with Gasteiger partial charge in [0.25, 0.3) is 0 Å². The Morgan fingerprint density at radius 3 is 2.38 bits per heavy atom. The highest BCUT2D eigenvalue weighted by atomic mass is 16.5. The molecule has 2 nitrogen and oxygen atoms in total. The van der Waals surface area contributed by atoms with Gasteiger partial charge in [-0.1, -0.05) is 60.7 Å². The summed E-state index contributed by atoms with van der Waals surface area (Å²) in [5.41, 5.74) is 1.97. The Labute approximate surface area is 124 Å². The van der Waals surface area contributed by atoms with Crippen LogP contribution in [0.15, 0.2) is 66.7 Å². The van der Waals surface area contributed by atoms with Gasteiger partial charge in [0.2, 0.25) is 0 Å². The first-order valence-corrected chi connectivity index (χ1v) is 7.07. The smallest absolute Gasteiger partial charge is 0.125 e. The van der Waals surface area contributed by atoms with Crippen LogP contribution in [0.5, 0.6) is 5.75 Å². The standard InChI is InChI=1S/C19H18O2/c1-21-18-12-11-15-9-5-6-10-16(15)19(18)17(20)13-14-7-3-2-4-8-14/h2-12,17,20H,13H2,1H3. The van der Waals surface area contributed by atoms with Crippen LogP contribution in [0.4, 0.5) is 0 Å². The Bertz CT molecular complexity index is 735. The van der Waals surface area contributed by atoms with Crippen LogP contribution in [0.25, 0.3) is 10.8 Å². The average molecular weight is 278 g/mol. The van der Waals surface area contributed by atoms with Gasteiger partial charge in [-0.25, -0.2) is 0 Å². The van der Waals surface area contributed by atoms with E-state index in [2.05, 4.69) is 0 Å². The van der Waals surface area contributed by atoms with Gasteiger partial charge in [0.15, 0.2) is 0 Å². The van der Waals surface area contributed by atoms with Crippen molar-refractivity contribution in [1.29, 1.82) is 0 Å². The van der Waals surface area contributed by atoms with Crippen molar-refractivity contribution in [3.8, 4) is 5.75 Å². The van der Waals surface area contributed by atoms with E-state index < -0.39 is 6.10 Å². The Morgan fingerprint density at radius 2 is 1.62 bits per heavy atom. The van der Waals surface area contributed by atoms with Gasteiger partial charge in [0, 0.05) is 12.0 Å². The predicted molar refractivity (Wildman–Crippen MR) is 85.6 cm³/mol. The SMILES string of the molecule is COc1ccc2ccccc2c1C(O)Cc1ccccc1. The lowest BCUT2D eigenvalue weighted by Crippen LogP contribution is -2.05. The summed E-state index contributed by atoms with van der Waals surface area (Å²) in [6.45, 7) is 0. The summed E-state index contributed by atoms with van der Waals surface area (Å²) in [6, 6.07) is 22.0. The number of hydrogen-bond donors (Lipinski definition) is 1. The molecule has 106 valence electrons. The minimum atomic E-state index is -0.589. The van der Waals surface area contributed by atoms with Crippen LogP contribution in [-0.4, -0.2) is 12.2 Å². The van der Waals surface area contributed by atoms with Crippen LogP contribution < -0.4 is 4.74 Å². The summed E-state index contributed by atoms with van der Waals surface area (Å²) in [4.78, 5) is 0. The Kier molecular flexibility index (Phi) is 3.89. The van der Waals surface area contributed by atoms with Gasteiger partial charge in [-0.2, -0.15) is 0 Å². The van der Waals surface area contributed by atoms with Crippen LogP contribution in [0.3, 0.4) is 0 Å². The first kappa shape index (κ1) is 13.7. The zero-order valence-corrected chi connectivity index (χ0v) is 12.0. The lowest BCUT2D eigenvalue weighted by molar-refractivity contribution is 0.175. The molecule has 0 heterocycles. The Balaban J connectivity index is 2.05. The average Bonchev–Trinajstić information content (AvgIpc) is 2.54. The van der Waals surface area contributed by atoms with Crippen LogP contribution in [0.1, 0.15) is 17.2 Å². The third-order valence-electron chi connectivity index (χ3n) is 3.76. The van der Waals surface area contributed by atoms with Crippen LogP contribution in [-0.2, 0) is 6.42 Å².